The lowest BCUT2D eigenvalue weighted by molar-refractivity contribution is 0.660. The van der Waals surface area contributed by atoms with Crippen molar-refractivity contribution in [2.24, 2.45) is 0 Å². The maximum absolute atomic E-state index is 6.68. The van der Waals surface area contributed by atoms with Gasteiger partial charge < -0.3 is 9.32 Å². The van der Waals surface area contributed by atoms with Crippen molar-refractivity contribution in [3.05, 3.63) is 199 Å². The molecule has 0 bridgehead atoms. The van der Waals surface area contributed by atoms with Crippen LogP contribution in [0.1, 0.15) is 25.0 Å². The monoisotopic (exact) mass is 703 g/mol. The molecule has 0 N–H and O–H groups in total. The Hall–Kier alpha value is -6.90. The Morgan fingerprint density at radius 3 is 1.80 bits per heavy atom. The van der Waals surface area contributed by atoms with E-state index >= 15 is 0 Å². The highest BCUT2D eigenvalue weighted by atomic mass is 16.3. The minimum absolute atomic E-state index is 0.127. The molecule has 2 heteroatoms. The molecule has 0 spiro atoms. The van der Waals surface area contributed by atoms with Crippen LogP contribution in [0, 0.1) is 0 Å². The predicted molar refractivity (Wildman–Crippen MR) is 232 cm³/mol. The number of furan rings is 1. The van der Waals surface area contributed by atoms with E-state index in [4.69, 9.17) is 4.42 Å². The second-order valence-corrected chi connectivity index (χ2v) is 15.3. The van der Waals surface area contributed by atoms with Crippen molar-refractivity contribution in [1.82, 2.24) is 0 Å². The topological polar surface area (TPSA) is 16.4 Å². The fraction of sp³-hybridized carbons (Fsp3) is 0.0566. The number of fused-ring (bicyclic) bond motifs is 8. The molecule has 0 fully saturated rings. The van der Waals surface area contributed by atoms with Gasteiger partial charge in [-0.25, -0.2) is 0 Å². The number of hydrogen-bond acceptors (Lipinski definition) is 2. The zero-order valence-corrected chi connectivity index (χ0v) is 30.8. The van der Waals surface area contributed by atoms with E-state index in [9.17, 15) is 0 Å². The molecule has 260 valence electrons. The van der Waals surface area contributed by atoms with Gasteiger partial charge in [-0.05, 0) is 121 Å². The average molecular weight is 704 g/mol. The predicted octanol–water partition coefficient (Wildman–Crippen LogP) is 15.0. The minimum Gasteiger partial charge on any atom is -0.454 e. The largest absolute Gasteiger partial charge is 0.454 e. The molecule has 1 aliphatic carbocycles. The van der Waals surface area contributed by atoms with Crippen LogP contribution in [0.4, 0.5) is 17.1 Å². The molecule has 10 aromatic rings. The van der Waals surface area contributed by atoms with Gasteiger partial charge in [-0.2, -0.15) is 0 Å². The summed E-state index contributed by atoms with van der Waals surface area (Å²) in [6.45, 7) is 4.69. The van der Waals surface area contributed by atoms with Crippen LogP contribution in [0.3, 0.4) is 0 Å². The fourth-order valence-corrected chi connectivity index (χ4v) is 9.03. The van der Waals surface area contributed by atoms with Crippen LogP contribution in [-0.2, 0) is 5.41 Å². The summed E-state index contributed by atoms with van der Waals surface area (Å²) in [6, 6.07) is 68.5. The maximum Gasteiger partial charge on any atom is 0.159 e. The van der Waals surface area contributed by atoms with Crippen molar-refractivity contribution in [1.29, 1.82) is 0 Å². The third-order valence-corrected chi connectivity index (χ3v) is 11.8. The van der Waals surface area contributed by atoms with Gasteiger partial charge in [-0.3, -0.25) is 0 Å². The standard InChI is InChI=1S/C53H37NO/c1-53(2)48-19-9-7-16-42(48)43-29-28-41(33-49(43)53)54(50-20-11-18-45-44-17-8-10-21-51(44)55-52(45)50)40-26-24-35(25-27-40)46-31-37-14-5-6-15-38(37)32-47(46)39-23-22-34-12-3-4-13-36(34)30-39/h3-33H,1-2H3. The smallest absolute Gasteiger partial charge is 0.159 e. The van der Waals surface area contributed by atoms with E-state index in [0.717, 1.165) is 39.0 Å². The second-order valence-electron chi connectivity index (χ2n) is 15.3. The summed E-state index contributed by atoms with van der Waals surface area (Å²) in [5.74, 6) is 0. The highest BCUT2D eigenvalue weighted by Crippen LogP contribution is 2.51. The fourth-order valence-electron chi connectivity index (χ4n) is 9.03. The van der Waals surface area contributed by atoms with Gasteiger partial charge in [0.25, 0.3) is 0 Å². The summed E-state index contributed by atoms with van der Waals surface area (Å²) in [7, 11) is 0. The quantitative estimate of drug-likeness (QED) is 0.177. The molecule has 0 amide bonds. The molecule has 1 heterocycles. The Bertz CT molecular complexity index is 3130. The lowest BCUT2D eigenvalue weighted by atomic mass is 9.82. The van der Waals surface area contributed by atoms with Crippen molar-refractivity contribution in [3.8, 4) is 33.4 Å². The molecule has 0 saturated carbocycles. The number of para-hydroxylation sites is 2. The van der Waals surface area contributed by atoms with E-state index in [-0.39, 0.29) is 5.41 Å². The van der Waals surface area contributed by atoms with Crippen molar-refractivity contribution in [3.63, 3.8) is 0 Å². The first-order chi connectivity index (χ1) is 27.0. The summed E-state index contributed by atoms with van der Waals surface area (Å²) in [6.07, 6.45) is 0. The number of hydrogen-bond donors (Lipinski definition) is 0. The molecule has 1 aliphatic rings. The maximum atomic E-state index is 6.68. The molecular weight excluding hydrogens is 667 g/mol. The Morgan fingerprint density at radius 2 is 1.00 bits per heavy atom. The van der Waals surface area contributed by atoms with E-state index < -0.39 is 0 Å². The van der Waals surface area contributed by atoms with Gasteiger partial charge in [-0.15, -0.1) is 0 Å². The number of rotatable bonds is 5. The van der Waals surface area contributed by atoms with E-state index in [1.54, 1.807) is 0 Å². The number of benzene rings is 9. The van der Waals surface area contributed by atoms with Gasteiger partial charge in [0.05, 0.1) is 5.69 Å². The van der Waals surface area contributed by atoms with Crippen molar-refractivity contribution in [2.45, 2.75) is 19.3 Å². The first kappa shape index (κ1) is 31.6. The third kappa shape index (κ3) is 4.95. The van der Waals surface area contributed by atoms with Crippen LogP contribution in [0.15, 0.2) is 192 Å². The van der Waals surface area contributed by atoms with Gasteiger partial charge in [0.2, 0.25) is 0 Å². The van der Waals surface area contributed by atoms with Gasteiger partial charge in [0, 0.05) is 27.6 Å². The van der Waals surface area contributed by atoms with Crippen LogP contribution in [0.5, 0.6) is 0 Å². The Morgan fingerprint density at radius 1 is 0.400 bits per heavy atom. The molecule has 0 unspecified atom stereocenters. The van der Waals surface area contributed by atoms with Crippen LogP contribution in [0.25, 0.3) is 76.9 Å². The first-order valence-electron chi connectivity index (χ1n) is 19.1. The van der Waals surface area contributed by atoms with Gasteiger partial charge in [0.15, 0.2) is 5.58 Å². The summed E-state index contributed by atoms with van der Waals surface area (Å²) < 4.78 is 6.68. The summed E-state index contributed by atoms with van der Waals surface area (Å²) >= 11 is 0. The Labute approximate surface area is 320 Å². The van der Waals surface area contributed by atoms with E-state index in [2.05, 4.69) is 201 Å². The van der Waals surface area contributed by atoms with Crippen LogP contribution in [-0.4, -0.2) is 0 Å². The summed E-state index contributed by atoms with van der Waals surface area (Å²) in [5, 5.41) is 7.18. The summed E-state index contributed by atoms with van der Waals surface area (Å²) in [4.78, 5) is 2.37. The van der Waals surface area contributed by atoms with Crippen LogP contribution >= 0.6 is 0 Å². The third-order valence-electron chi connectivity index (χ3n) is 11.8. The normalized spacial score (nSPS) is 13.1. The van der Waals surface area contributed by atoms with Gasteiger partial charge in [-0.1, -0.05) is 147 Å². The minimum atomic E-state index is -0.127. The summed E-state index contributed by atoms with van der Waals surface area (Å²) in [5.41, 5.74) is 15.0. The Kier molecular flexibility index (Phi) is 6.93. The zero-order chi connectivity index (χ0) is 36.7. The van der Waals surface area contributed by atoms with Crippen LogP contribution in [0.2, 0.25) is 0 Å². The highest BCUT2D eigenvalue weighted by Gasteiger charge is 2.36. The lowest BCUT2D eigenvalue weighted by Gasteiger charge is -2.28. The Balaban J connectivity index is 1.09. The van der Waals surface area contributed by atoms with Crippen molar-refractivity contribution >= 4 is 60.5 Å². The number of anilines is 3. The van der Waals surface area contributed by atoms with Crippen molar-refractivity contribution in [2.75, 3.05) is 4.90 Å². The van der Waals surface area contributed by atoms with E-state index in [1.165, 1.54) is 66.1 Å². The SMILES string of the molecule is CC1(C)c2ccccc2-c2ccc(N(c3ccc(-c4cc5ccccc5cc4-c4ccc5ccccc5c4)cc3)c3cccc4c3oc3ccccc34)cc21. The molecule has 0 saturated heterocycles. The molecule has 9 aromatic carbocycles. The highest BCUT2D eigenvalue weighted by molar-refractivity contribution is 6.10. The molecule has 55 heavy (non-hydrogen) atoms. The molecule has 0 radical (unpaired) electrons. The molecule has 2 nitrogen and oxygen atoms in total. The molecule has 0 aliphatic heterocycles. The van der Waals surface area contributed by atoms with Gasteiger partial charge in [0.1, 0.15) is 5.58 Å². The van der Waals surface area contributed by atoms with E-state index in [1.807, 2.05) is 6.07 Å². The molecule has 0 atom stereocenters. The number of nitrogens with zero attached hydrogens (tertiary/aromatic N) is 1. The molecule has 1 aromatic heterocycles. The second kappa shape index (κ2) is 12.1. The van der Waals surface area contributed by atoms with Gasteiger partial charge >= 0.3 is 0 Å². The lowest BCUT2D eigenvalue weighted by Crippen LogP contribution is -2.16. The van der Waals surface area contributed by atoms with Crippen LogP contribution < -0.4 is 4.90 Å². The zero-order valence-electron chi connectivity index (χ0n) is 30.8. The van der Waals surface area contributed by atoms with E-state index in [0.29, 0.717) is 0 Å². The molecule has 11 rings (SSSR count). The average Bonchev–Trinajstić information content (AvgIpc) is 3.73. The molecular formula is C53H37NO. The first-order valence-corrected chi connectivity index (χ1v) is 19.1. The van der Waals surface area contributed by atoms with Crippen molar-refractivity contribution < 1.29 is 4.42 Å².